The number of nitrogens with zero attached hydrogens (tertiary/aromatic N) is 3. The van der Waals surface area contributed by atoms with Gasteiger partial charge in [0, 0.05) is 42.4 Å². The Kier molecular flexibility index (Phi) is 5.29. The van der Waals surface area contributed by atoms with Gasteiger partial charge in [0.25, 0.3) is 0 Å². The molecule has 0 amide bonds. The summed E-state index contributed by atoms with van der Waals surface area (Å²) in [5, 5.41) is 19.1. The highest BCUT2D eigenvalue weighted by Gasteiger charge is 2.23. The van der Waals surface area contributed by atoms with Gasteiger partial charge >= 0.3 is 0 Å². The molecule has 2 aromatic rings. The van der Waals surface area contributed by atoms with Crippen LogP contribution in [0.3, 0.4) is 0 Å². The number of carbonyl (C=O) groups excluding carboxylic acids is 1. The molecule has 0 saturated carbocycles. The van der Waals surface area contributed by atoms with Gasteiger partial charge in [-0.05, 0) is 31.4 Å². The summed E-state index contributed by atoms with van der Waals surface area (Å²) in [5.74, 6) is 0.393. The molecule has 5 nitrogen and oxygen atoms in total. The monoisotopic (exact) mass is 325 g/mol. The summed E-state index contributed by atoms with van der Waals surface area (Å²) in [6.07, 6.45) is 4.38. The third-order valence-electron chi connectivity index (χ3n) is 4.78. The van der Waals surface area contributed by atoms with Gasteiger partial charge in [-0.2, -0.15) is 5.26 Å². The van der Waals surface area contributed by atoms with Crippen LogP contribution in [0.25, 0.3) is 10.9 Å². The maximum Gasteiger partial charge on any atom is 0.178 e. The summed E-state index contributed by atoms with van der Waals surface area (Å²) in [6.45, 7) is 2.88. The summed E-state index contributed by atoms with van der Waals surface area (Å²) in [4.78, 5) is 15.0. The first-order valence-corrected chi connectivity index (χ1v) is 8.54. The molecule has 126 valence electrons. The van der Waals surface area contributed by atoms with Crippen LogP contribution in [-0.2, 0) is 6.54 Å². The molecule has 2 heterocycles. The molecular weight excluding hydrogens is 302 g/mol. The Morgan fingerprint density at radius 3 is 3.00 bits per heavy atom. The number of piperidine rings is 1. The molecule has 1 aliphatic heterocycles. The van der Waals surface area contributed by atoms with Crippen molar-refractivity contribution in [3.8, 4) is 6.07 Å². The number of hydrogen-bond donors (Lipinski definition) is 1. The van der Waals surface area contributed by atoms with Crippen molar-refractivity contribution in [1.29, 1.82) is 5.26 Å². The van der Waals surface area contributed by atoms with Gasteiger partial charge in [-0.1, -0.05) is 18.2 Å². The van der Waals surface area contributed by atoms with Gasteiger partial charge in [-0.3, -0.25) is 9.69 Å². The number of likely N-dealkylation sites (tertiary alicyclic amines) is 1. The Hall–Kier alpha value is -2.16. The molecule has 0 bridgehead atoms. The normalized spacial score (nSPS) is 18.6. The van der Waals surface area contributed by atoms with Crippen LogP contribution in [0.4, 0.5) is 0 Å². The van der Waals surface area contributed by atoms with E-state index < -0.39 is 0 Å². The number of ketones is 1. The van der Waals surface area contributed by atoms with Crippen molar-refractivity contribution in [2.75, 3.05) is 26.2 Å². The zero-order chi connectivity index (χ0) is 16.9. The molecule has 1 aromatic heterocycles. The van der Waals surface area contributed by atoms with Gasteiger partial charge in [0.05, 0.1) is 19.0 Å². The number of nitriles is 1. The highest BCUT2D eigenvalue weighted by molar-refractivity contribution is 6.09. The van der Waals surface area contributed by atoms with Crippen LogP contribution < -0.4 is 0 Å². The fourth-order valence-electron chi connectivity index (χ4n) is 3.56. The van der Waals surface area contributed by atoms with Crippen LogP contribution in [0.2, 0.25) is 0 Å². The predicted octanol–water partition coefficient (Wildman–Crippen LogP) is 2.44. The molecule has 1 N–H and O–H groups in total. The van der Waals surface area contributed by atoms with E-state index in [4.69, 9.17) is 5.26 Å². The number of Topliss-reactive ketones (excluding diaryl/α,β-unsaturated/α-hetero) is 1. The van der Waals surface area contributed by atoms with Gasteiger partial charge in [-0.25, -0.2) is 0 Å². The minimum Gasteiger partial charge on any atom is -0.396 e. The van der Waals surface area contributed by atoms with Gasteiger partial charge in [0.1, 0.15) is 0 Å². The number of rotatable bonds is 6. The number of hydrogen-bond acceptors (Lipinski definition) is 4. The standard InChI is InChI=1S/C19H23N3O2/c20-8-4-10-22-12-17(16-6-1-2-7-18(16)22)19(24)13-21-9-3-5-15(11-21)14-23/h1-2,6-7,12,15,23H,3-5,9-11,13-14H2. The first-order valence-electron chi connectivity index (χ1n) is 8.54. The topological polar surface area (TPSA) is 69.3 Å². The Morgan fingerprint density at radius 2 is 2.21 bits per heavy atom. The van der Waals surface area contributed by atoms with Crippen LogP contribution in [0.5, 0.6) is 0 Å². The van der Waals surface area contributed by atoms with Gasteiger partial charge < -0.3 is 9.67 Å². The molecule has 3 rings (SSSR count). The lowest BCUT2D eigenvalue weighted by Gasteiger charge is -2.31. The minimum atomic E-state index is 0.112. The third-order valence-corrected chi connectivity index (χ3v) is 4.78. The number of aliphatic hydroxyl groups is 1. The van der Waals surface area contributed by atoms with E-state index in [0.29, 0.717) is 19.5 Å². The SMILES string of the molecule is N#CCCn1cc(C(=O)CN2CCCC(CO)C2)c2ccccc21. The van der Waals surface area contributed by atoms with Crippen molar-refractivity contribution in [3.63, 3.8) is 0 Å². The summed E-state index contributed by atoms with van der Waals surface area (Å²) < 4.78 is 2.00. The molecule has 1 saturated heterocycles. The van der Waals surface area contributed by atoms with Crippen LogP contribution in [0.1, 0.15) is 29.6 Å². The van der Waals surface area contributed by atoms with Crippen LogP contribution in [0.15, 0.2) is 30.5 Å². The van der Waals surface area contributed by atoms with E-state index >= 15 is 0 Å². The molecular formula is C19H23N3O2. The van der Waals surface area contributed by atoms with Crippen LogP contribution in [0, 0.1) is 17.2 Å². The fourth-order valence-corrected chi connectivity index (χ4v) is 3.56. The number of benzene rings is 1. The molecule has 0 aliphatic carbocycles. The number of aryl methyl sites for hydroxylation is 1. The highest BCUT2D eigenvalue weighted by Crippen LogP contribution is 2.23. The summed E-state index contributed by atoms with van der Waals surface area (Å²) in [5.41, 5.74) is 1.73. The zero-order valence-corrected chi connectivity index (χ0v) is 13.8. The second-order valence-electron chi connectivity index (χ2n) is 6.51. The molecule has 24 heavy (non-hydrogen) atoms. The van der Waals surface area contributed by atoms with Crippen molar-refractivity contribution in [1.82, 2.24) is 9.47 Å². The Morgan fingerprint density at radius 1 is 1.38 bits per heavy atom. The molecule has 5 heteroatoms. The van der Waals surface area contributed by atoms with Crippen molar-refractivity contribution in [2.45, 2.75) is 25.8 Å². The lowest BCUT2D eigenvalue weighted by molar-refractivity contribution is 0.0835. The summed E-state index contributed by atoms with van der Waals surface area (Å²) >= 11 is 0. The molecule has 1 atom stereocenters. The van der Waals surface area contributed by atoms with E-state index in [1.807, 2.05) is 35.0 Å². The average molecular weight is 325 g/mol. The van der Waals surface area contributed by atoms with E-state index in [2.05, 4.69) is 11.0 Å². The molecule has 1 fully saturated rings. The quantitative estimate of drug-likeness (QED) is 0.828. The molecule has 1 aromatic carbocycles. The second-order valence-corrected chi connectivity index (χ2v) is 6.51. The number of fused-ring (bicyclic) bond motifs is 1. The van der Waals surface area contributed by atoms with E-state index in [9.17, 15) is 9.90 Å². The van der Waals surface area contributed by atoms with Crippen LogP contribution >= 0.6 is 0 Å². The van der Waals surface area contributed by atoms with E-state index in [-0.39, 0.29) is 18.3 Å². The Balaban J connectivity index is 1.80. The zero-order valence-electron chi connectivity index (χ0n) is 13.8. The van der Waals surface area contributed by atoms with Gasteiger partial charge in [0.15, 0.2) is 5.78 Å². The number of aromatic nitrogens is 1. The second kappa shape index (κ2) is 7.61. The van der Waals surface area contributed by atoms with Crippen molar-refractivity contribution >= 4 is 16.7 Å². The Bertz CT molecular complexity index is 760. The maximum absolute atomic E-state index is 12.8. The fraction of sp³-hybridized carbons (Fsp3) is 0.474. The lowest BCUT2D eigenvalue weighted by atomic mass is 9.98. The van der Waals surface area contributed by atoms with Crippen molar-refractivity contribution < 1.29 is 9.90 Å². The maximum atomic E-state index is 12.8. The van der Waals surface area contributed by atoms with E-state index in [1.54, 1.807) is 0 Å². The first-order chi connectivity index (χ1) is 11.7. The van der Waals surface area contributed by atoms with Crippen LogP contribution in [-0.4, -0.2) is 46.6 Å². The Labute approximate surface area is 142 Å². The van der Waals surface area contributed by atoms with Gasteiger partial charge in [0.2, 0.25) is 0 Å². The number of para-hydroxylation sites is 1. The summed E-state index contributed by atoms with van der Waals surface area (Å²) in [6, 6.07) is 10.0. The number of carbonyl (C=O) groups is 1. The molecule has 1 aliphatic rings. The van der Waals surface area contributed by atoms with Crippen molar-refractivity contribution in [2.24, 2.45) is 5.92 Å². The van der Waals surface area contributed by atoms with Crippen molar-refractivity contribution in [3.05, 3.63) is 36.0 Å². The highest BCUT2D eigenvalue weighted by atomic mass is 16.3. The smallest absolute Gasteiger partial charge is 0.178 e. The number of aliphatic hydroxyl groups excluding tert-OH is 1. The molecule has 0 spiro atoms. The molecule has 0 radical (unpaired) electrons. The average Bonchev–Trinajstić information content (AvgIpc) is 2.99. The first kappa shape index (κ1) is 16.7. The third kappa shape index (κ3) is 3.50. The predicted molar refractivity (Wildman–Crippen MR) is 92.7 cm³/mol. The summed E-state index contributed by atoms with van der Waals surface area (Å²) in [7, 11) is 0. The van der Waals surface area contributed by atoms with E-state index in [0.717, 1.165) is 42.4 Å². The largest absolute Gasteiger partial charge is 0.396 e. The van der Waals surface area contributed by atoms with Gasteiger partial charge in [-0.15, -0.1) is 0 Å². The lowest BCUT2D eigenvalue weighted by Crippen LogP contribution is -2.39. The molecule has 1 unspecified atom stereocenters. The van der Waals surface area contributed by atoms with E-state index in [1.165, 1.54) is 0 Å². The minimum absolute atomic E-state index is 0.112.